The molecular formula is C30H30ClN5O5S. The van der Waals surface area contributed by atoms with E-state index < -0.39 is 21.7 Å². The van der Waals surface area contributed by atoms with Crippen molar-refractivity contribution in [2.75, 3.05) is 31.5 Å². The standard InChI is InChI=1S/C30H30ClN5O5S/c1-30(2,3)41-29(38)34-28-32-18-24(19-33-28)20-4-6-21(7-5-20)27(37)35-12-14-36(15-13-35)42(39,40)26-11-9-22-16-25(31)10-8-23(22)17-26/h4-11,16-19H,12-15H2,1-3H3,(H,32,33,34,38). The molecule has 2 heterocycles. The fraction of sp³-hybridized carbons (Fsp3) is 0.267. The number of aromatic nitrogens is 2. The number of carbonyl (C=O) groups excluding carboxylic acids is 2. The van der Waals surface area contributed by atoms with Crippen LogP contribution in [0.4, 0.5) is 10.7 Å². The fourth-order valence-electron chi connectivity index (χ4n) is 4.56. The first-order valence-corrected chi connectivity index (χ1v) is 15.1. The van der Waals surface area contributed by atoms with Crippen LogP contribution in [-0.2, 0) is 14.8 Å². The summed E-state index contributed by atoms with van der Waals surface area (Å²) < 4.78 is 33.2. The Morgan fingerprint density at radius 2 is 1.48 bits per heavy atom. The zero-order valence-electron chi connectivity index (χ0n) is 23.4. The van der Waals surface area contributed by atoms with Crippen LogP contribution in [0, 0.1) is 0 Å². The molecule has 1 N–H and O–H groups in total. The maximum Gasteiger partial charge on any atom is 0.414 e. The molecule has 1 saturated heterocycles. The number of fused-ring (bicyclic) bond motifs is 1. The Hall–Kier alpha value is -4.06. The molecule has 12 heteroatoms. The van der Waals surface area contributed by atoms with E-state index in [1.165, 1.54) is 4.31 Å². The van der Waals surface area contributed by atoms with Crippen molar-refractivity contribution in [1.29, 1.82) is 0 Å². The van der Waals surface area contributed by atoms with Gasteiger partial charge >= 0.3 is 6.09 Å². The molecule has 5 rings (SSSR count). The Morgan fingerprint density at radius 3 is 2.12 bits per heavy atom. The van der Waals surface area contributed by atoms with E-state index in [0.29, 0.717) is 16.1 Å². The molecule has 0 saturated carbocycles. The van der Waals surface area contributed by atoms with Gasteiger partial charge in [0.15, 0.2) is 0 Å². The van der Waals surface area contributed by atoms with Gasteiger partial charge in [0, 0.05) is 54.7 Å². The van der Waals surface area contributed by atoms with Crippen molar-refractivity contribution in [2.24, 2.45) is 0 Å². The predicted molar refractivity (Wildman–Crippen MR) is 161 cm³/mol. The van der Waals surface area contributed by atoms with Crippen LogP contribution in [0.5, 0.6) is 0 Å². The van der Waals surface area contributed by atoms with Crippen molar-refractivity contribution >= 4 is 50.3 Å². The van der Waals surface area contributed by atoms with Gasteiger partial charge in [0.05, 0.1) is 4.90 Å². The molecule has 42 heavy (non-hydrogen) atoms. The van der Waals surface area contributed by atoms with Crippen molar-refractivity contribution < 1.29 is 22.7 Å². The van der Waals surface area contributed by atoms with Crippen LogP contribution in [0.1, 0.15) is 31.1 Å². The average Bonchev–Trinajstić information content (AvgIpc) is 2.96. The Morgan fingerprint density at radius 1 is 0.857 bits per heavy atom. The van der Waals surface area contributed by atoms with E-state index in [9.17, 15) is 18.0 Å². The molecule has 0 radical (unpaired) electrons. The minimum atomic E-state index is -3.71. The van der Waals surface area contributed by atoms with E-state index in [2.05, 4.69) is 15.3 Å². The van der Waals surface area contributed by atoms with Crippen molar-refractivity contribution in [3.63, 3.8) is 0 Å². The number of benzene rings is 3. The minimum Gasteiger partial charge on any atom is -0.444 e. The third-order valence-electron chi connectivity index (χ3n) is 6.67. The average molecular weight is 608 g/mol. The van der Waals surface area contributed by atoms with Gasteiger partial charge in [0.25, 0.3) is 5.91 Å². The molecule has 3 aromatic carbocycles. The molecule has 0 aliphatic carbocycles. The number of rotatable bonds is 5. The van der Waals surface area contributed by atoms with E-state index in [1.54, 1.807) is 98.7 Å². The highest BCUT2D eigenvalue weighted by Gasteiger charge is 2.30. The van der Waals surface area contributed by atoms with Gasteiger partial charge in [0.2, 0.25) is 16.0 Å². The number of hydrogen-bond acceptors (Lipinski definition) is 7. The van der Waals surface area contributed by atoms with Crippen LogP contribution in [0.15, 0.2) is 78.0 Å². The highest BCUT2D eigenvalue weighted by atomic mass is 35.5. The van der Waals surface area contributed by atoms with Gasteiger partial charge < -0.3 is 9.64 Å². The molecule has 1 aliphatic rings. The third kappa shape index (κ3) is 6.70. The van der Waals surface area contributed by atoms with E-state index in [1.807, 2.05) is 0 Å². The number of carbonyl (C=O) groups is 2. The zero-order valence-corrected chi connectivity index (χ0v) is 24.9. The number of piperazine rings is 1. The quantitative estimate of drug-likeness (QED) is 0.320. The summed E-state index contributed by atoms with van der Waals surface area (Å²) in [6.45, 7) is 6.25. The minimum absolute atomic E-state index is 0.117. The summed E-state index contributed by atoms with van der Waals surface area (Å²) in [7, 11) is -3.71. The number of sulfonamides is 1. The summed E-state index contributed by atoms with van der Waals surface area (Å²) in [6.07, 6.45) is 2.50. The summed E-state index contributed by atoms with van der Waals surface area (Å²) in [5.41, 5.74) is 1.36. The lowest BCUT2D eigenvalue weighted by Crippen LogP contribution is -2.50. The topological polar surface area (TPSA) is 122 Å². The maximum absolute atomic E-state index is 13.3. The summed E-state index contributed by atoms with van der Waals surface area (Å²) >= 11 is 6.04. The van der Waals surface area contributed by atoms with Crippen LogP contribution in [0.3, 0.4) is 0 Å². The summed E-state index contributed by atoms with van der Waals surface area (Å²) in [5, 5.41) is 4.73. The van der Waals surface area contributed by atoms with Crippen molar-refractivity contribution in [2.45, 2.75) is 31.3 Å². The Labute approximate surface area is 249 Å². The molecular weight excluding hydrogens is 578 g/mol. The molecule has 0 bridgehead atoms. The Bertz CT molecular complexity index is 1730. The number of halogens is 1. The molecule has 4 aromatic rings. The van der Waals surface area contributed by atoms with Gasteiger partial charge in [-0.1, -0.05) is 35.9 Å². The number of amides is 2. The summed E-state index contributed by atoms with van der Waals surface area (Å²) in [6, 6.07) is 17.3. The third-order valence-corrected chi connectivity index (χ3v) is 8.80. The maximum atomic E-state index is 13.3. The predicted octanol–water partition coefficient (Wildman–Crippen LogP) is 5.44. The lowest BCUT2D eigenvalue weighted by Gasteiger charge is -2.34. The molecule has 2 amide bonds. The number of nitrogens with zero attached hydrogens (tertiary/aromatic N) is 4. The van der Waals surface area contributed by atoms with E-state index in [-0.39, 0.29) is 42.9 Å². The van der Waals surface area contributed by atoms with Gasteiger partial charge in [-0.25, -0.2) is 23.2 Å². The van der Waals surface area contributed by atoms with Crippen molar-refractivity contribution in [3.8, 4) is 11.1 Å². The molecule has 1 fully saturated rings. The van der Waals surface area contributed by atoms with Gasteiger partial charge in [-0.05, 0) is 73.5 Å². The summed E-state index contributed by atoms with van der Waals surface area (Å²) in [4.78, 5) is 35.3. The number of anilines is 1. The van der Waals surface area contributed by atoms with E-state index in [0.717, 1.165) is 16.3 Å². The number of hydrogen-bond donors (Lipinski definition) is 1. The van der Waals surface area contributed by atoms with Gasteiger partial charge in [-0.3, -0.25) is 10.1 Å². The fourth-order valence-corrected chi connectivity index (χ4v) is 6.20. The van der Waals surface area contributed by atoms with Gasteiger partial charge in [0.1, 0.15) is 5.60 Å². The lowest BCUT2D eigenvalue weighted by molar-refractivity contribution is 0.0633. The van der Waals surface area contributed by atoms with Crippen LogP contribution < -0.4 is 5.32 Å². The highest BCUT2D eigenvalue weighted by Crippen LogP contribution is 2.26. The Kier molecular flexibility index (Phi) is 8.18. The lowest BCUT2D eigenvalue weighted by atomic mass is 10.1. The smallest absolute Gasteiger partial charge is 0.414 e. The molecule has 218 valence electrons. The van der Waals surface area contributed by atoms with Crippen molar-refractivity contribution in [1.82, 2.24) is 19.2 Å². The molecule has 0 unspecified atom stereocenters. The number of nitrogens with one attached hydrogen (secondary N) is 1. The molecule has 10 nitrogen and oxygen atoms in total. The first-order chi connectivity index (χ1) is 19.9. The monoisotopic (exact) mass is 607 g/mol. The molecule has 1 aliphatic heterocycles. The molecule has 0 atom stereocenters. The largest absolute Gasteiger partial charge is 0.444 e. The zero-order chi connectivity index (χ0) is 30.1. The first-order valence-electron chi connectivity index (χ1n) is 13.3. The van der Waals surface area contributed by atoms with Crippen LogP contribution in [0.2, 0.25) is 5.02 Å². The van der Waals surface area contributed by atoms with Crippen LogP contribution in [-0.4, -0.2) is 71.4 Å². The second kappa shape index (κ2) is 11.7. The highest BCUT2D eigenvalue weighted by molar-refractivity contribution is 7.89. The van der Waals surface area contributed by atoms with Crippen LogP contribution in [0.25, 0.3) is 21.9 Å². The van der Waals surface area contributed by atoms with Gasteiger partial charge in [-0.2, -0.15) is 4.31 Å². The second-order valence-electron chi connectivity index (χ2n) is 10.8. The second-order valence-corrected chi connectivity index (χ2v) is 13.2. The summed E-state index contributed by atoms with van der Waals surface area (Å²) in [5.74, 6) is -0.0548. The molecule has 0 spiro atoms. The SMILES string of the molecule is CC(C)(C)OC(=O)Nc1ncc(-c2ccc(C(=O)N3CCN(S(=O)(=O)c4ccc5cc(Cl)ccc5c4)CC3)cc2)cn1. The first kappa shape index (κ1) is 29.4. The normalized spacial score (nSPS) is 14.5. The Balaban J connectivity index is 1.19. The van der Waals surface area contributed by atoms with Crippen LogP contribution >= 0.6 is 11.6 Å². The van der Waals surface area contributed by atoms with E-state index in [4.69, 9.17) is 16.3 Å². The van der Waals surface area contributed by atoms with Crippen molar-refractivity contribution in [3.05, 3.63) is 83.6 Å². The van der Waals surface area contributed by atoms with Gasteiger partial charge in [-0.15, -0.1) is 0 Å². The van der Waals surface area contributed by atoms with E-state index >= 15 is 0 Å². The number of ether oxygens (including phenoxy) is 1. The molecule has 1 aromatic heterocycles.